The number of amides is 2. The smallest absolute Gasteiger partial charge is 0.257 e. The number of benzene rings is 2. The van der Waals surface area contributed by atoms with E-state index in [1.165, 1.54) is 13.1 Å². The van der Waals surface area contributed by atoms with E-state index < -0.39 is 0 Å². The Kier molecular flexibility index (Phi) is 5.79. The van der Waals surface area contributed by atoms with E-state index in [1.807, 2.05) is 30.3 Å². The zero-order valence-electron chi connectivity index (χ0n) is 14.9. The Morgan fingerprint density at radius 3 is 2.30 bits per heavy atom. The number of rotatable bonds is 6. The van der Waals surface area contributed by atoms with Gasteiger partial charge in [-0.05, 0) is 35.9 Å². The summed E-state index contributed by atoms with van der Waals surface area (Å²) in [4.78, 5) is 27.8. The summed E-state index contributed by atoms with van der Waals surface area (Å²) in [5.41, 5.74) is 2.82. The molecule has 27 heavy (non-hydrogen) atoms. The Bertz CT molecular complexity index is 924. The monoisotopic (exact) mass is 360 g/mol. The summed E-state index contributed by atoms with van der Waals surface area (Å²) in [6.07, 6.45) is 1.53. The van der Waals surface area contributed by atoms with E-state index in [2.05, 4.69) is 20.9 Å². The summed E-state index contributed by atoms with van der Waals surface area (Å²) in [6, 6.07) is 20.5. The fourth-order valence-corrected chi connectivity index (χ4v) is 2.50. The predicted octanol–water partition coefficient (Wildman–Crippen LogP) is 3.90. The lowest BCUT2D eigenvalue weighted by Crippen LogP contribution is -2.13. The number of pyridine rings is 1. The molecule has 2 aromatic carbocycles. The van der Waals surface area contributed by atoms with Crippen LogP contribution in [0.3, 0.4) is 0 Å². The van der Waals surface area contributed by atoms with Crippen LogP contribution in [0.1, 0.15) is 22.8 Å². The van der Waals surface area contributed by atoms with Crippen LogP contribution in [0.4, 0.5) is 17.2 Å². The van der Waals surface area contributed by atoms with E-state index in [9.17, 15) is 9.59 Å². The van der Waals surface area contributed by atoms with Gasteiger partial charge in [-0.3, -0.25) is 9.59 Å². The second kappa shape index (κ2) is 8.62. The highest BCUT2D eigenvalue weighted by atomic mass is 16.2. The van der Waals surface area contributed by atoms with E-state index in [1.54, 1.807) is 36.4 Å². The third-order valence-corrected chi connectivity index (χ3v) is 3.78. The van der Waals surface area contributed by atoms with Gasteiger partial charge in [0.05, 0.1) is 5.56 Å². The van der Waals surface area contributed by atoms with Gasteiger partial charge in [-0.2, -0.15) is 0 Å². The second-order valence-electron chi connectivity index (χ2n) is 5.99. The minimum Gasteiger partial charge on any atom is -0.366 e. The predicted molar refractivity (Wildman–Crippen MR) is 107 cm³/mol. The number of anilines is 3. The summed E-state index contributed by atoms with van der Waals surface area (Å²) in [7, 11) is 0. The first-order chi connectivity index (χ1) is 13.1. The van der Waals surface area contributed by atoms with Crippen LogP contribution in [-0.2, 0) is 11.3 Å². The van der Waals surface area contributed by atoms with Crippen LogP contribution < -0.4 is 16.0 Å². The highest BCUT2D eigenvalue weighted by Gasteiger charge is 2.07. The van der Waals surface area contributed by atoms with Crippen molar-refractivity contribution in [3.05, 3.63) is 84.1 Å². The zero-order valence-corrected chi connectivity index (χ0v) is 14.9. The Morgan fingerprint density at radius 1 is 0.889 bits per heavy atom. The molecule has 0 aliphatic carbocycles. The highest BCUT2D eigenvalue weighted by Crippen LogP contribution is 2.16. The minimum atomic E-state index is -0.267. The second-order valence-corrected chi connectivity index (χ2v) is 5.99. The van der Waals surface area contributed by atoms with Crippen LogP contribution in [0.5, 0.6) is 0 Å². The van der Waals surface area contributed by atoms with Gasteiger partial charge in [0.2, 0.25) is 5.91 Å². The fourth-order valence-electron chi connectivity index (χ4n) is 2.50. The van der Waals surface area contributed by atoms with Gasteiger partial charge in [0, 0.05) is 31.0 Å². The summed E-state index contributed by atoms with van der Waals surface area (Å²) >= 11 is 0. The molecule has 3 N–H and O–H groups in total. The fraction of sp³-hybridized carbons (Fsp3) is 0.0952. The molecular formula is C21H20N4O2. The number of aromatic nitrogens is 1. The maximum Gasteiger partial charge on any atom is 0.257 e. The Hall–Kier alpha value is -3.67. The Labute approximate surface area is 157 Å². The van der Waals surface area contributed by atoms with Crippen LogP contribution in [0.25, 0.3) is 0 Å². The first kappa shape index (κ1) is 18.1. The molecule has 0 unspecified atom stereocenters. The molecule has 0 fully saturated rings. The molecular weight excluding hydrogens is 340 g/mol. The Morgan fingerprint density at radius 2 is 1.63 bits per heavy atom. The molecule has 0 aliphatic heterocycles. The van der Waals surface area contributed by atoms with E-state index in [0.29, 0.717) is 29.3 Å². The molecule has 2 amide bonds. The first-order valence-corrected chi connectivity index (χ1v) is 8.53. The molecule has 6 heteroatoms. The van der Waals surface area contributed by atoms with E-state index in [4.69, 9.17) is 0 Å². The SMILES string of the molecule is CC(=O)Nc1cccc(NC(=O)c2ccc(NCc3ccccc3)nc2)c1. The lowest BCUT2D eigenvalue weighted by molar-refractivity contribution is -0.114. The molecule has 6 nitrogen and oxygen atoms in total. The van der Waals surface area contributed by atoms with Crippen molar-refractivity contribution in [1.82, 2.24) is 4.98 Å². The van der Waals surface area contributed by atoms with E-state index in [0.717, 1.165) is 5.56 Å². The van der Waals surface area contributed by atoms with Crippen molar-refractivity contribution < 1.29 is 9.59 Å². The molecule has 0 spiro atoms. The molecule has 3 aromatic rings. The van der Waals surface area contributed by atoms with Gasteiger partial charge in [-0.25, -0.2) is 4.98 Å². The lowest BCUT2D eigenvalue weighted by Gasteiger charge is -2.09. The van der Waals surface area contributed by atoms with E-state index >= 15 is 0 Å². The number of hydrogen-bond donors (Lipinski definition) is 3. The van der Waals surface area contributed by atoms with Crippen LogP contribution in [0.2, 0.25) is 0 Å². The summed E-state index contributed by atoms with van der Waals surface area (Å²) in [5, 5.41) is 8.70. The third kappa shape index (κ3) is 5.40. The quantitative estimate of drug-likeness (QED) is 0.622. The average molecular weight is 360 g/mol. The van der Waals surface area contributed by atoms with E-state index in [-0.39, 0.29) is 11.8 Å². The van der Waals surface area contributed by atoms with Crippen molar-refractivity contribution in [2.24, 2.45) is 0 Å². The van der Waals surface area contributed by atoms with Crippen LogP contribution in [0.15, 0.2) is 72.9 Å². The van der Waals surface area contributed by atoms with Gasteiger partial charge in [0.1, 0.15) is 5.82 Å². The number of carbonyl (C=O) groups is 2. The first-order valence-electron chi connectivity index (χ1n) is 8.53. The average Bonchev–Trinajstić information content (AvgIpc) is 2.67. The number of nitrogens with one attached hydrogen (secondary N) is 3. The van der Waals surface area contributed by atoms with Gasteiger partial charge >= 0.3 is 0 Å². The molecule has 0 saturated carbocycles. The molecule has 1 heterocycles. The molecule has 0 aliphatic rings. The highest BCUT2D eigenvalue weighted by molar-refractivity contribution is 6.04. The van der Waals surface area contributed by atoms with Crippen molar-refractivity contribution in [1.29, 1.82) is 0 Å². The van der Waals surface area contributed by atoms with Crippen LogP contribution >= 0.6 is 0 Å². The normalized spacial score (nSPS) is 10.1. The van der Waals surface area contributed by atoms with Crippen molar-refractivity contribution >= 4 is 29.0 Å². The van der Waals surface area contributed by atoms with Crippen molar-refractivity contribution in [3.8, 4) is 0 Å². The lowest BCUT2D eigenvalue weighted by atomic mass is 10.2. The van der Waals surface area contributed by atoms with Gasteiger partial charge < -0.3 is 16.0 Å². The summed E-state index contributed by atoms with van der Waals surface area (Å²) < 4.78 is 0. The van der Waals surface area contributed by atoms with Crippen molar-refractivity contribution in [2.75, 3.05) is 16.0 Å². The van der Waals surface area contributed by atoms with Crippen LogP contribution in [0, 0.1) is 0 Å². The number of nitrogens with zero attached hydrogens (tertiary/aromatic N) is 1. The molecule has 0 atom stereocenters. The van der Waals surface area contributed by atoms with Gasteiger partial charge in [0.25, 0.3) is 5.91 Å². The molecule has 0 saturated heterocycles. The zero-order chi connectivity index (χ0) is 19.1. The standard InChI is InChI=1S/C21H20N4O2/c1-15(26)24-18-8-5-9-19(12-18)25-21(27)17-10-11-20(23-14-17)22-13-16-6-3-2-4-7-16/h2-12,14H,13H2,1H3,(H,22,23)(H,24,26)(H,25,27). The topological polar surface area (TPSA) is 83.1 Å². The summed E-state index contributed by atoms with van der Waals surface area (Å²) in [6.45, 7) is 2.10. The maximum atomic E-state index is 12.4. The number of hydrogen-bond acceptors (Lipinski definition) is 4. The number of carbonyl (C=O) groups excluding carboxylic acids is 2. The molecule has 1 aromatic heterocycles. The minimum absolute atomic E-state index is 0.165. The van der Waals surface area contributed by atoms with Gasteiger partial charge in [-0.1, -0.05) is 36.4 Å². The molecule has 3 rings (SSSR count). The largest absolute Gasteiger partial charge is 0.366 e. The molecule has 0 bridgehead atoms. The van der Waals surface area contributed by atoms with Gasteiger partial charge in [-0.15, -0.1) is 0 Å². The van der Waals surface area contributed by atoms with Crippen molar-refractivity contribution in [2.45, 2.75) is 13.5 Å². The third-order valence-electron chi connectivity index (χ3n) is 3.78. The Balaban J connectivity index is 1.59. The van der Waals surface area contributed by atoms with Gasteiger partial charge in [0.15, 0.2) is 0 Å². The van der Waals surface area contributed by atoms with Crippen LogP contribution in [-0.4, -0.2) is 16.8 Å². The molecule has 136 valence electrons. The summed E-state index contributed by atoms with van der Waals surface area (Å²) in [5.74, 6) is 0.265. The van der Waals surface area contributed by atoms with Crippen molar-refractivity contribution in [3.63, 3.8) is 0 Å². The maximum absolute atomic E-state index is 12.4. The molecule has 0 radical (unpaired) electrons.